The fourth-order valence-electron chi connectivity index (χ4n) is 9.33. The number of thiazole rings is 1. The molecule has 22 heteroatoms. The molecule has 1 aliphatic carbocycles. The summed E-state index contributed by atoms with van der Waals surface area (Å²) in [6.07, 6.45) is 5.28. The van der Waals surface area contributed by atoms with E-state index in [4.69, 9.17) is 22.1 Å². The normalized spacial score (nSPS) is 20.0. The van der Waals surface area contributed by atoms with Crippen molar-refractivity contribution in [3.8, 4) is 16.2 Å². The van der Waals surface area contributed by atoms with Crippen LogP contribution >= 0.6 is 34.7 Å². The average Bonchev–Trinajstić information content (AvgIpc) is 3.78. The Labute approximate surface area is 444 Å². The van der Waals surface area contributed by atoms with Gasteiger partial charge >= 0.3 is 0 Å². The molecule has 18 nitrogen and oxygen atoms in total. The zero-order chi connectivity index (χ0) is 53.0. The van der Waals surface area contributed by atoms with Gasteiger partial charge in [-0.3, -0.25) is 28.9 Å². The number of rotatable bonds is 19. The number of nitrogens with one attached hydrogen (secondary N) is 3. The molecular weight excluding hydrogens is 1010 g/mol. The van der Waals surface area contributed by atoms with Crippen molar-refractivity contribution in [2.75, 3.05) is 75.7 Å². The number of hydrogen-bond donors (Lipinski definition) is 5. The number of ether oxygens (including phenoxy) is 1. The smallest absolute Gasteiger partial charge is 0.258 e. The van der Waals surface area contributed by atoms with E-state index in [9.17, 15) is 33.5 Å². The first-order valence-corrected chi connectivity index (χ1v) is 27.3. The number of aliphatic hydroxyl groups excluding tert-OH is 1. The van der Waals surface area contributed by atoms with Crippen molar-refractivity contribution in [3.05, 3.63) is 70.6 Å². The predicted octanol–water partition coefficient (Wildman–Crippen LogP) is 5.44. The standard InChI is InChI=1S/C52H67ClFN11O7S2/c1-32-45(73-31-59-32)33-10-11-34(24-58-47(69)37-23-35(66)27-65(37)48(70)46(50(2,3)4)61-49(71)52(54)12-13-52)38(22-33)72-21-7-16-62-19-20-64(43(68)29-62)28-41(67)60-36-8-6-9-39(44(36)53)74-42-26-56-40(25-57-42)63-17-14-51(5,30-55)15-18-63/h6,8-11,22,25-26,31,35,37,46,66H,7,12-21,23-24,27-30,55H2,1-5H3,(H,58,69)(H,60,67)(H,61,71)/t35-,37+,46-/m1/s1. The molecule has 0 unspecified atom stereocenters. The van der Waals surface area contributed by atoms with Crippen LogP contribution in [0.15, 0.2) is 64.2 Å². The highest BCUT2D eigenvalue weighted by molar-refractivity contribution is 7.99. The summed E-state index contributed by atoms with van der Waals surface area (Å²) >= 11 is 9.64. The largest absolute Gasteiger partial charge is 0.493 e. The van der Waals surface area contributed by atoms with Crippen LogP contribution in [0.25, 0.3) is 10.4 Å². The monoisotopic (exact) mass is 1080 g/mol. The van der Waals surface area contributed by atoms with Crippen LogP contribution in [-0.2, 0) is 30.5 Å². The molecule has 4 fully saturated rings. The molecule has 2 aromatic heterocycles. The van der Waals surface area contributed by atoms with Crippen molar-refractivity contribution in [2.45, 2.75) is 113 Å². The second kappa shape index (κ2) is 23.2. The van der Waals surface area contributed by atoms with Crippen LogP contribution in [0.2, 0.25) is 5.02 Å². The van der Waals surface area contributed by atoms with Gasteiger partial charge in [-0.05, 0) is 80.2 Å². The maximum Gasteiger partial charge on any atom is 0.258 e. The number of hydrogen-bond acceptors (Lipinski definition) is 15. The zero-order valence-electron chi connectivity index (χ0n) is 42.6. The lowest BCUT2D eigenvalue weighted by molar-refractivity contribution is -0.145. The Kier molecular flexibility index (Phi) is 17.2. The number of benzene rings is 2. The third-order valence-electron chi connectivity index (χ3n) is 14.3. The quantitative estimate of drug-likeness (QED) is 0.0738. The molecule has 398 valence electrons. The van der Waals surface area contributed by atoms with E-state index in [-0.39, 0.29) is 62.7 Å². The molecule has 0 spiro atoms. The molecule has 8 rings (SSSR count). The number of aryl methyl sites for hydroxylation is 1. The van der Waals surface area contributed by atoms with Gasteiger partial charge in [-0.25, -0.2) is 19.3 Å². The number of nitrogens with two attached hydrogens (primary N) is 1. The number of halogens is 2. The third kappa shape index (κ3) is 13.3. The first-order valence-electron chi connectivity index (χ1n) is 25.2. The van der Waals surface area contributed by atoms with E-state index in [0.717, 1.165) is 47.9 Å². The van der Waals surface area contributed by atoms with E-state index < -0.39 is 47.0 Å². The Bertz CT molecular complexity index is 2700. The van der Waals surface area contributed by atoms with Gasteiger partial charge in [0.15, 0.2) is 5.67 Å². The van der Waals surface area contributed by atoms with Crippen LogP contribution in [0.5, 0.6) is 5.75 Å². The van der Waals surface area contributed by atoms with Crippen LogP contribution in [0.4, 0.5) is 15.9 Å². The van der Waals surface area contributed by atoms with E-state index in [1.165, 1.54) is 32.9 Å². The number of piperidine rings is 1. The van der Waals surface area contributed by atoms with Gasteiger partial charge in [0, 0.05) is 62.7 Å². The number of alkyl halides is 1. The second-order valence-electron chi connectivity index (χ2n) is 21.2. The summed E-state index contributed by atoms with van der Waals surface area (Å²) in [4.78, 5) is 89.6. The fraction of sp³-hybridized carbons (Fsp3) is 0.538. The summed E-state index contributed by atoms with van der Waals surface area (Å²) in [6, 6.07) is 8.93. The zero-order valence-corrected chi connectivity index (χ0v) is 45.0. The number of anilines is 2. The highest BCUT2D eigenvalue weighted by Gasteiger charge is 2.53. The first kappa shape index (κ1) is 54.8. The van der Waals surface area contributed by atoms with E-state index in [1.807, 2.05) is 36.1 Å². The number of carbonyl (C=O) groups is 5. The Morgan fingerprint density at radius 3 is 2.49 bits per heavy atom. The minimum absolute atomic E-state index is 0.00171. The van der Waals surface area contributed by atoms with E-state index in [1.54, 1.807) is 50.8 Å². The Morgan fingerprint density at radius 1 is 1.05 bits per heavy atom. The second-order valence-corrected chi connectivity index (χ2v) is 23.5. The molecule has 5 amide bonds. The highest BCUT2D eigenvalue weighted by atomic mass is 35.5. The predicted molar refractivity (Wildman–Crippen MR) is 283 cm³/mol. The van der Waals surface area contributed by atoms with Crippen molar-refractivity contribution in [2.24, 2.45) is 16.6 Å². The summed E-state index contributed by atoms with van der Waals surface area (Å²) in [7, 11) is 0. The van der Waals surface area contributed by atoms with Crippen LogP contribution in [-0.4, -0.2) is 154 Å². The van der Waals surface area contributed by atoms with Gasteiger partial charge in [-0.2, -0.15) is 0 Å². The summed E-state index contributed by atoms with van der Waals surface area (Å²) < 4.78 is 21.1. The minimum atomic E-state index is -1.99. The van der Waals surface area contributed by atoms with Crippen LogP contribution in [0.1, 0.15) is 77.5 Å². The summed E-state index contributed by atoms with van der Waals surface area (Å²) in [6.45, 7) is 13.5. The molecule has 3 atom stereocenters. The molecule has 3 saturated heterocycles. The minimum Gasteiger partial charge on any atom is -0.493 e. The Balaban J connectivity index is 0.814. The molecule has 74 heavy (non-hydrogen) atoms. The van der Waals surface area contributed by atoms with E-state index >= 15 is 0 Å². The molecular formula is C52H67ClFN11O7S2. The van der Waals surface area contributed by atoms with Gasteiger partial charge in [0.2, 0.25) is 23.6 Å². The van der Waals surface area contributed by atoms with Crippen molar-refractivity contribution >= 4 is 75.7 Å². The lowest BCUT2D eigenvalue weighted by Gasteiger charge is -2.39. The maximum absolute atomic E-state index is 14.7. The lowest BCUT2D eigenvalue weighted by atomic mass is 9.80. The van der Waals surface area contributed by atoms with E-state index in [2.05, 4.69) is 42.7 Å². The summed E-state index contributed by atoms with van der Waals surface area (Å²) in [5, 5.41) is 20.1. The summed E-state index contributed by atoms with van der Waals surface area (Å²) in [5.41, 5.74) is 7.97. The van der Waals surface area contributed by atoms with Crippen molar-refractivity contribution in [1.29, 1.82) is 0 Å². The lowest BCUT2D eigenvalue weighted by Crippen LogP contribution is -2.59. The van der Waals surface area contributed by atoms with Gasteiger partial charge in [0.1, 0.15) is 28.7 Å². The van der Waals surface area contributed by atoms with Gasteiger partial charge in [0.05, 0.1) is 65.0 Å². The number of β-amino-alcohol motifs (C(OH)–C–C–N with tert-alkyl or cyclic N) is 1. The van der Waals surface area contributed by atoms with Gasteiger partial charge < -0.3 is 46.2 Å². The number of amides is 5. The topological polar surface area (TPSA) is 229 Å². The highest BCUT2D eigenvalue weighted by Crippen LogP contribution is 2.41. The molecule has 4 aromatic rings. The molecule has 0 radical (unpaired) electrons. The molecule has 3 aliphatic heterocycles. The molecule has 2 aromatic carbocycles. The van der Waals surface area contributed by atoms with Crippen LogP contribution in [0.3, 0.4) is 0 Å². The number of carbonyl (C=O) groups excluding carboxylic acids is 5. The maximum atomic E-state index is 14.7. The summed E-state index contributed by atoms with van der Waals surface area (Å²) in [5.74, 6) is -1.08. The van der Waals surface area contributed by atoms with Crippen LogP contribution < -0.4 is 31.3 Å². The van der Waals surface area contributed by atoms with Crippen molar-refractivity contribution in [1.82, 2.24) is 40.3 Å². The number of aliphatic hydroxyl groups is 1. The third-order valence-corrected chi connectivity index (χ3v) is 16.8. The fourth-order valence-corrected chi connectivity index (χ4v) is 11.2. The number of aromatic nitrogens is 3. The van der Waals surface area contributed by atoms with Gasteiger partial charge in [0.25, 0.3) is 5.91 Å². The number of likely N-dealkylation sites (tertiary alicyclic amines) is 1. The van der Waals surface area contributed by atoms with Crippen LogP contribution in [0, 0.1) is 17.8 Å². The van der Waals surface area contributed by atoms with Gasteiger partial charge in [-0.15, -0.1) is 11.3 Å². The number of nitrogens with zero attached hydrogens (tertiary/aromatic N) is 7. The number of piperazine rings is 1. The average molecular weight is 1080 g/mol. The molecule has 5 heterocycles. The Hall–Kier alpha value is -5.45. The van der Waals surface area contributed by atoms with Crippen molar-refractivity contribution < 1.29 is 38.2 Å². The van der Waals surface area contributed by atoms with E-state index in [0.29, 0.717) is 71.2 Å². The molecule has 0 bridgehead atoms. The molecule has 4 aliphatic rings. The van der Waals surface area contributed by atoms with Gasteiger partial charge in [-0.1, -0.05) is 69.3 Å². The Morgan fingerprint density at radius 2 is 1.82 bits per heavy atom. The first-order chi connectivity index (χ1) is 35.2. The van der Waals surface area contributed by atoms with Crippen molar-refractivity contribution in [3.63, 3.8) is 0 Å². The molecule has 1 saturated carbocycles. The molecule has 6 N–H and O–H groups in total. The SMILES string of the molecule is Cc1ncsc1-c1ccc(CNC(=O)[C@@H]2C[C@@H](O)CN2C(=O)[C@@H](NC(=O)C2(F)CC2)C(C)(C)C)c(OCCCN2CCN(CC(=O)Nc3cccc(Sc4cnc(N5CCC(C)(CN)CC5)cn4)c3Cl)C(=O)C2)c1.